The molecule has 8 heteroatoms. The van der Waals surface area contributed by atoms with Crippen LogP contribution in [0.4, 0.5) is 13.2 Å². The Kier molecular flexibility index (Phi) is 4.12. The Bertz CT molecular complexity index is 572. The van der Waals surface area contributed by atoms with Gasteiger partial charge in [0.05, 0.1) is 0 Å². The first-order chi connectivity index (χ1) is 8.92. The van der Waals surface area contributed by atoms with Gasteiger partial charge in [0.2, 0.25) is 10.0 Å². The highest BCUT2D eigenvalue weighted by Gasteiger charge is 2.25. The largest absolute Gasteiger partial charge is 0.316 e. The van der Waals surface area contributed by atoms with Crippen molar-refractivity contribution in [1.82, 2.24) is 10.0 Å². The lowest BCUT2D eigenvalue weighted by Crippen LogP contribution is -2.31. The molecule has 2 N–H and O–H groups in total. The van der Waals surface area contributed by atoms with Crippen LogP contribution in [0.2, 0.25) is 0 Å². The van der Waals surface area contributed by atoms with Crippen molar-refractivity contribution in [2.45, 2.75) is 11.3 Å². The molecule has 1 heterocycles. The highest BCUT2D eigenvalue weighted by Crippen LogP contribution is 2.19. The first kappa shape index (κ1) is 14.3. The summed E-state index contributed by atoms with van der Waals surface area (Å²) in [6.07, 6.45) is 0.808. The van der Waals surface area contributed by atoms with Crippen LogP contribution in [-0.4, -0.2) is 28.1 Å². The third kappa shape index (κ3) is 3.07. The lowest BCUT2D eigenvalue weighted by Gasteiger charge is -2.11. The number of hydrogen-bond acceptors (Lipinski definition) is 3. The predicted octanol–water partition coefficient (Wildman–Crippen LogP) is 0.992. The van der Waals surface area contributed by atoms with Gasteiger partial charge in [-0.1, -0.05) is 0 Å². The summed E-state index contributed by atoms with van der Waals surface area (Å²) < 4.78 is 65.0. The van der Waals surface area contributed by atoms with Crippen molar-refractivity contribution in [3.05, 3.63) is 29.6 Å². The van der Waals surface area contributed by atoms with E-state index in [0.717, 1.165) is 13.0 Å². The lowest BCUT2D eigenvalue weighted by molar-refractivity contribution is 0.431. The molecule has 1 atom stereocenters. The summed E-state index contributed by atoms with van der Waals surface area (Å²) in [5.41, 5.74) is 0. The van der Waals surface area contributed by atoms with Crippen molar-refractivity contribution in [3.63, 3.8) is 0 Å². The molecule has 0 aliphatic carbocycles. The van der Waals surface area contributed by atoms with Crippen molar-refractivity contribution in [3.8, 4) is 0 Å². The Balaban J connectivity index is 2.17. The maximum atomic E-state index is 13.4. The molecule has 1 aliphatic rings. The van der Waals surface area contributed by atoms with E-state index in [1.807, 2.05) is 0 Å². The summed E-state index contributed by atoms with van der Waals surface area (Å²) in [6.45, 7) is 1.60. The van der Waals surface area contributed by atoms with Gasteiger partial charge in [0.1, 0.15) is 4.90 Å². The minimum Gasteiger partial charge on any atom is -0.316 e. The standard InChI is InChI=1S/C11H13F3N2O2S/c12-8-1-2-9(11(14)10(8)13)19(17,18)16-6-7-3-4-15-5-7/h1-2,7,15-16H,3-6H2. The van der Waals surface area contributed by atoms with Crippen LogP contribution in [0.5, 0.6) is 0 Å². The number of hydrogen-bond donors (Lipinski definition) is 2. The van der Waals surface area contributed by atoms with Crippen LogP contribution in [0.25, 0.3) is 0 Å². The zero-order valence-electron chi connectivity index (χ0n) is 9.92. The maximum Gasteiger partial charge on any atom is 0.243 e. The van der Waals surface area contributed by atoms with Gasteiger partial charge in [0, 0.05) is 6.54 Å². The molecule has 1 fully saturated rings. The fourth-order valence-electron chi connectivity index (χ4n) is 1.91. The van der Waals surface area contributed by atoms with Gasteiger partial charge in [0.25, 0.3) is 0 Å². The topological polar surface area (TPSA) is 58.2 Å². The fourth-order valence-corrected chi connectivity index (χ4v) is 3.09. The smallest absolute Gasteiger partial charge is 0.243 e. The van der Waals surface area contributed by atoms with Crippen molar-refractivity contribution < 1.29 is 21.6 Å². The predicted molar refractivity (Wildman–Crippen MR) is 62.5 cm³/mol. The van der Waals surface area contributed by atoms with Crippen LogP contribution in [0.15, 0.2) is 17.0 Å². The molecule has 2 rings (SSSR count). The van der Waals surface area contributed by atoms with E-state index >= 15 is 0 Å². The van der Waals surface area contributed by atoms with Crippen molar-refractivity contribution in [2.24, 2.45) is 5.92 Å². The van der Waals surface area contributed by atoms with E-state index in [9.17, 15) is 21.6 Å². The van der Waals surface area contributed by atoms with Crippen molar-refractivity contribution in [1.29, 1.82) is 0 Å². The van der Waals surface area contributed by atoms with Crippen molar-refractivity contribution in [2.75, 3.05) is 19.6 Å². The Morgan fingerprint density at radius 2 is 2.00 bits per heavy atom. The molecule has 1 aromatic carbocycles. The summed E-state index contributed by atoms with van der Waals surface area (Å²) in [5.74, 6) is -4.79. The van der Waals surface area contributed by atoms with E-state index in [1.165, 1.54) is 0 Å². The molecular formula is C11H13F3N2O2S. The normalized spacial score (nSPS) is 19.8. The minimum atomic E-state index is -4.18. The molecule has 0 radical (unpaired) electrons. The molecule has 106 valence electrons. The Hall–Kier alpha value is -1.12. The second-order valence-corrected chi connectivity index (χ2v) is 6.12. The zero-order chi connectivity index (χ0) is 14.0. The molecule has 1 aromatic rings. The van der Waals surface area contributed by atoms with Gasteiger partial charge in [-0.05, 0) is 37.6 Å². The van der Waals surface area contributed by atoms with E-state index in [0.29, 0.717) is 18.7 Å². The van der Waals surface area contributed by atoms with Gasteiger partial charge in [-0.2, -0.15) is 0 Å². The van der Waals surface area contributed by atoms with Gasteiger partial charge in [0.15, 0.2) is 17.5 Å². The van der Waals surface area contributed by atoms with E-state index in [1.54, 1.807) is 0 Å². The number of halogens is 3. The lowest BCUT2D eigenvalue weighted by atomic mass is 10.1. The van der Waals surface area contributed by atoms with Crippen LogP contribution in [0.1, 0.15) is 6.42 Å². The Labute approximate surface area is 109 Å². The third-order valence-corrected chi connectivity index (χ3v) is 4.45. The summed E-state index contributed by atoms with van der Waals surface area (Å²) in [7, 11) is -4.18. The summed E-state index contributed by atoms with van der Waals surface area (Å²) >= 11 is 0. The average molecular weight is 294 g/mol. The quantitative estimate of drug-likeness (QED) is 0.814. The Morgan fingerprint density at radius 1 is 1.26 bits per heavy atom. The molecule has 0 amide bonds. The SMILES string of the molecule is O=S(=O)(NCC1CCNC1)c1ccc(F)c(F)c1F. The molecule has 0 spiro atoms. The second-order valence-electron chi connectivity index (χ2n) is 4.38. The maximum absolute atomic E-state index is 13.4. The molecule has 0 bridgehead atoms. The van der Waals surface area contributed by atoms with E-state index in [2.05, 4.69) is 10.0 Å². The van der Waals surface area contributed by atoms with Gasteiger partial charge in [-0.15, -0.1) is 0 Å². The van der Waals surface area contributed by atoms with Crippen LogP contribution in [-0.2, 0) is 10.0 Å². The minimum absolute atomic E-state index is 0.114. The first-order valence-corrected chi connectivity index (χ1v) is 7.24. The number of nitrogens with one attached hydrogen (secondary N) is 2. The van der Waals surface area contributed by atoms with Gasteiger partial charge >= 0.3 is 0 Å². The molecule has 0 saturated carbocycles. The molecule has 4 nitrogen and oxygen atoms in total. The molecule has 19 heavy (non-hydrogen) atoms. The highest BCUT2D eigenvalue weighted by atomic mass is 32.2. The molecule has 1 saturated heterocycles. The molecule has 1 unspecified atom stereocenters. The van der Waals surface area contributed by atoms with Crippen molar-refractivity contribution >= 4 is 10.0 Å². The van der Waals surface area contributed by atoms with E-state index < -0.39 is 32.4 Å². The second kappa shape index (κ2) is 5.48. The van der Waals surface area contributed by atoms with Gasteiger partial charge in [-0.25, -0.2) is 26.3 Å². The summed E-state index contributed by atoms with van der Waals surface area (Å²) in [4.78, 5) is -0.877. The average Bonchev–Trinajstić information content (AvgIpc) is 2.86. The third-order valence-electron chi connectivity index (χ3n) is 3.01. The van der Waals surface area contributed by atoms with Gasteiger partial charge < -0.3 is 5.32 Å². The zero-order valence-corrected chi connectivity index (χ0v) is 10.7. The number of sulfonamides is 1. The van der Waals surface area contributed by atoms with Gasteiger partial charge in [-0.3, -0.25) is 0 Å². The molecule has 1 aliphatic heterocycles. The summed E-state index contributed by atoms with van der Waals surface area (Å²) in [6, 6.07) is 1.30. The molecule has 0 aromatic heterocycles. The van der Waals surface area contributed by atoms with Crippen LogP contribution in [0.3, 0.4) is 0 Å². The Morgan fingerprint density at radius 3 is 2.63 bits per heavy atom. The monoisotopic (exact) mass is 294 g/mol. The van der Waals surface area contributed by atoms with E-state index in [4.69, 9.17) is 0 Å². The summed E-state index contributed by atoms with van der Waals surface area (Å²) in [5, 5.41) is 3.06. The van der Waals surface area contributed by atoms with Crippen LogP contribution in [0, 0.1) is 23.4 Å². The molecular weight excluding hydrogens is 281 g/mol. The van der Waals surface area contributed by atoms with Crippen LogP contribution < -0.4 is 10.0 Å². The fraction of sp³-hybridized carbons (Fsp3) is 0.455. The number of rotatable bonds is 4. The van der Waals surface area contributed by atoms with Crippen LogP contribution >= 0.6 is 0 Å². The number of benzene rings is 1. The first-order valence-electron chi connectivity index (χ1n) is 5.75. The highest BCUT2D eigenvalue weighted by molar-refractivity contribution is 7.89. The van der Waals surface area contributed by atoms with E-state index in [-0.39, 0.29) is 12.5 Å².